The van der Waals surface area contributed by atoms with E-state index in [2.05, 4.69) is 13.2 Å². The monoisotopic (exact) mass is 170 g/mol. The summed E-state index contributed by atoms with van der Waals surface area (Å²) in [5.41, 5.74) is -1.17. The van der Waals surface area contributed by atoms with Crippen LogP contribution in [-0.4, -0.2) is 23.3 Å². The molecule has 0 aromatic heterocycles. The summed E-state index contributed by atoms with van der Waals surface area (Å²) in [5.74, 6) is -0.982. The first-order chi connectivity index (χ1) is 5.56. The standard InChI is InChI=1S/C9H14O3/c1-4-6-9(3,8(10)11)12-7-5-2/h4-5H,1-2,6-7H2,3H3,(H,10,11). The number of carboxylic acid groups (broad SMARTS) is 1. The van der Waals surface area contributed by atoms with E-state index in [0.29, 0.717) is 0 Å². The average molecular weight is 170 g/mol. The molecule has 0 aliphatic rings. The van der Waals surface area contributed by atoms with Gasteiger partial charge in [-0.1, -0.05) is 12.2 Å². The van der Waals surface area contributed by atoms with Gasteiger partial charge in [0, 0.05) is 6.42 Å². The molecule has 0 aromatic rings. The lowest BCUT2D eigenvalue weighted by Gasteiger charge is -2.22. The van der Waals surface area contributed by atoms with Crippen molar-refractivity contribution < 1.29 is 14.6 Å². The van der Waals surface area contributed by atoms with Gasteiger partial charge in [0.2, 0.25) is 0 Å². The van der Waals surface area contributed by atoms with Crippen LogP contribution in [0, 0.1) is 0 Å². The predicted molar refractivity (Wildman–Crippen MR) is 47.0 cm³/mol. The predicted octanol–water partition coefficient (Wildman–Crippen LogP) is 1.61. The Balaban J connectivity index is 4.26. The molecule has 0 fully saturated rings. The lowest BCUT2D eigenvalue weighted by Crippen LogP contribution is -2.37. The van der Waals surface area contributed by atoms with Gasteiger partial charge in [0.05, 0.1) is 6.61 Å². The molecular weight excluding hydrogens is 156 g/mol. The van der Waals surface area contributed by atoms with E-state index >= 15 is 0 Å². The highest BCUT2D eigenvalue weighted by atomic mass is 16.5. The van der Waals surface area contributed by atoms with Crippen LogP contribution in [0.2, 0.25) is 0 Å². The third-order valence-electron chi connectivity index (χ3n) is 1.51. The molecule has 0 aliphatic carbocycles. The maximum Gasteiger partial charge on any atom is 0.336 e. The SMILES string of the molecule is C=CCOC(C)(CC=C)C(=O)O. The van der Waals surface area contributed by atoms with E-state index < -0.39 is 11.6 Å². The molecule has 0 aliphatic heterocycles. The summed E-state index contributed by atoms with van der Waals surface area (Å²) >= 11 is 0. The van der Waals surface area contributed by atoms with Gasteiger partial charge < -0.3 is 9.84 Å². The second-order valence-corrected chi connectivity index (χ2v) is 2.63. The highest BCUT2D eigenvalue weighted by molar-refractivity contribution is 5.77. The van der Waals surface area contributed by atoms with Gasteiger partial charge in [-0.25, -0.2) is 4.79 Å². The van der Waals surface area contributed by atoms with Crippen LogP contribution < -0.4 is 0 Å². The molecule has 0 amide bonds. The molecule has 0 saturated carbocycles. The van der Waals surface area contributed by atoms with Crippen LogP contribution in [0.1, 0.15) is 13.3 Å². The zero-order chi connectivity index (χ0) is 9.61. The summed E-state index contributed by atoms with van der Waals surface area (Å²) in [6.07, 6.45) is 3.33. The molecule has 1 N–H and O–H groups in total. The Labute approximate surface area is 72.3 Å². The van der Waals surface area contributed by atoms with Crippen LogP contribution in [-0.2, 0) is 9.53 Å². The van der Waals surface area contributed by atoms with Gasteiger partial charge in [0.15, 0.2) is 5.60 Å². The van der Waals surface area contributed by atoms with Gasteiger partial charge in [-0.3, -0.25) is 0 Å². The summed E-state index contributed by atoms with van der Waals surface area (Å²) in [7, 11) is 0. The van der Waals surface area contributed by atoms with E-state index in [9.17, 15) is 4.79 Å². The van der Waals surface area contributed by atoms with Gasteiger partial charge in [-0.05, 0) is 6.92 Å². The molecule has 1 unspecified atom stereocenters. The highest BCUT2D eigenvalue weighted by Gasteiger charge is 2.32. The van der Waals surface area contributed by atoms with Crippen LogP contribution in [0.5, 0.6) is 0 Å². The van der Waals surface area contributed by atoms with Crippen molar-refractivity contribution in [3.63, 3.8) is 0 Å². The molecule has 3 nitrogen and oxygen atoms in total. The number of hydrogen-bond donors (Lipinski definition) is 1. The minimum absolute atomic E-state index is 0.233. The molecule has 0 bridgehead atoms. The topological polar surface area (TPSA) is 46.5 Å². The van der Waals surface area contributed by atoms with E-state index in [1.165, 1.54) is 19.1 Å². The Bertz CT molecular complexity index is 186. The van der Waals surface area contributed by atoms with Crippen molar-refractivity contribution in [3.05, 3.63) is 25.3 Å². The average Bonchev–Trinajstić information content (AvgIpc) is 2.01. The lowest BCUT2D eigenvalue weighted by atomic mass is 10.0. The van der Waals surface area contributed by atoms with E-state index in [-0.39, 0.29) is 13.0 Å². The Morgan fingerprint density at radius 2 is 2.17 bits per heavy atom. The molecular formula is C9H14O3. The van der Waals surface area contributed by atoms with Gasteiger partial charge in [0.25, 0.3) is 0 Å². The van der Waals surface area contributed by atoms with E-state index in [1.807, 2.05) is 0 Å². The minimum atomic E-state index is -1.17. The first-order valence-electron chi connectivity index (χ1n) is 3.66. The number of carbonyl (C=O) groups is 1. The maximum atomic E-state index is 10.7. The van der Waals surface area contributed by atoms with E-state index in [4.69, 9.17) is 9.84 Å². The lowest BCUT2D eigenvalue weighted by molar-refractivity contribution is -0.161. The molecule has 0 aromatic carbocycles. The first kappa shape index (κ1) is 10.9. The minimum Gasteiger partial charge on any atom is -0.479 e. The summed E-state index contributed by atoms with van der Waals surface area (Å²) in [6.45, 7) is 8.65. The molecule has 0 radical (unpaired) electrons. The molecule has 68 valence electrons. The van der Waals surface area contributed by atoms with Gasteiger partial charge >= 0.3 is 5.97 Å². The molecule has 0 heterocycles. The second-order valence-electron chi connectivity index (χ2n) is 2.63. The molecule has 0 spiro atoms. The highest BCUT2D eigenvalue weighted by Crippen LogP contribution is 2.16. The molecule has 0 rings (SSSR count). The Hall–Kier alpha value is -1.09. The van der Waals surface area contributed by atoms with Crippen molar-refractivity contribution in [1.29, 1.82) is 0 Å². The van der Waals surface area contributed by atoms with E-state index in [0.717, 1.165) is 0 Å². The second kappa shape index (κ2) is 4.72. The Morgan fingerprint density at radius 1 is 1.58 bits per heavy atom. The number of carboxylic acids is 1. The van der Waals surface area contributed by atoms with Crippen molar-refractivity contribution >= 4 is 5.97 Å². The zero-order valence-corrected chi connectivity index (χ0v) is 7.25. The smallest absolute Gasteiger partial charge is 0.336 e. The van der Waals surface area contributed by atoms with Gasteiger partial charge in [-0.2, -0.15) is 0 Å². The van der Waals surface area contributed by atoms with Crippen molar-refractivity contribution in [3.8, 4) is 0 Å². The first-order valence-corrected chi connectivity index (χ1v) is 3.66. The molecule has 3 heteroatoms. The van der Waals surface area contributed by atoms with Crippen LogP contribution in [0.25, 0.3) is 0 Å². The summed E-state index contributed by atoms with van der Waals surface area (Å²) in [6, 6.07) is 0. The zero-order valence-electron chi connectivity index (χ0n) is 7.25. The quantitative estimate of drug-likeness (QED) is 0.616. The van der Waals surface area contributed by atoms with Crippen LogP contribution in [0.3, 0.4) is 0 Å². The van der Waals surface area contributed by atoms with Crippen molar-refractivity contribution in [2.45, 2.75) is 18.9 Å². The van der Waals surface area contributed by atoms with Crippen LogP contribution in [0.15, 0.2) is 25.3 Å². The Morgan fingerprint density at radius 3 is 2.50 bits per heavy atom. The number of rotatable bonds is 6. The fourth-order valence-electron chi connectivity index (χ4n) is 0.726. The third-order valence-corrected chi connectivity index (χ3v) is 1.51. The largest absolute Gasteiger partial charge is 0.479 e. The summed E-state index contributed by atoms with van der Waals surface area (Å²) in [5, 5.41) is 8.78. The summed E-state index contributed by atoms with van der Waals surface area (Å²) < 4.78 is 5.09. The fraction of sp³-hybridized carbons (Fsp3) is 0.444. The fourth-order valence-corrected chi connectivity index (χ4v) is 0.726. The van der Waals surface area contributed by atoms with E-state index in [1.54, 1.807) is 0 Å². The van der Waals surface area contributed by atoms with Crippen LogP contribution in [0.4, 0.5) is 0 Å². The normalized spacial score (nSPS) is 14.8. The van der Waals surface area contributed by atoms with Gasteiger partial charge in [-0.15, -0.1) is 13.2 Å². The third kappa shape index (κ3) is 2.88. The van der Waals surface area contributed by atoms with Crippen molar-refractivity contribution in [1.82, 2.24) is 0 Å². The van der Waals surface area contributed by atoms with Crippen molar-refractivity contribution in [2.24, 2.45) is 0 Å². The van der Waals surface area contributed by atoms with Crippen LogP contribution >= 0.6 is 0 Å². The van der Waals surface area contributed by atoms with Crippen molar-refractivity contribution in [2.75, 3.05) is 6.61 Å². The Kier molecular flexibility index (Phi) is 4.29. The number of aliphatic carboxylic acids is 1. The summed E-state index contributed by atoms with van der Waals surface area (Å²) in [4.78, 5) is 10.7. The molecule has 1 atom stereocenters. The number of hydrogen-bond acceptors (Lipinski definition) is 2. The molecule has 0 saturated heterocycles. The number of ether oxygens (including phenoxy) is 1. The van der Waals surface area contributed by atoms with Gasteiger partial charge in [0.1, 0.15) is 0 Å². The maximum absolute atomic E-state index is 10.7. The molecule has 12 heavy (non-hydrogen) atoms.